The van der Waals surface area contributed by atoms with E-state index < -0.39 is 69.3 Å². The fraction of sp³-hybridized carbons (Fsp3) is 0.156. The number of amides is 2. The first-order valence-corrected chi connectivity index (χ1v) is 16.5. The van der Waals surface area contributed by atoms with Crippen molar-refractivity contribution >= 4 is 69.0 Å². The Morgan fingerprint density at radius 3 is 2.62 bits per heavy atom. The summed E-state index contributed by atoms with van der Waals surface area (Å²) >= 11 is 2.04. The number of nitrogens with zero attached hydrogens (tertiary/aromatic N) is 4. The summed E-state index contributed by atoms with van der Waals surface area (Å²) in [5.74, 6) is -8.32. The van der Waals surface area contributed by atoms with Gasteiger partial charge in [-0.2, -0.15) is 0 Å². The molecule has 6 rings (SSSR count). The zero-order valence-corrected chi connectivity index (χ0v) is 27.1. The number of thiazole rings is 1. The number of nitrogens with one attached hydrogen (secondary N) is 1. The van der Waals surface area contributed by atoms with Gasteiger partial charge in [0.15, 0.2) is 41.4 Å². The molecule has 0 spiro atoms. The molecule has 15 nitrogen and oxygen atoms in total. The first-order valence-electron chi connectivity index (χ1n) is 14.6. The summed E-state index contributed by atoms with van der Waals surface area (Å²) < 4.78 is 15.8. The molecule has 0 bridgehead atoms. The number of allylic oxidation sites excluding steroid dienone is 2. The molecule has 0 radical (unpaired) electrons. The highest BCUT2D eigenvalue weighted by Crippen LogP contribution is 2.44. The van der Waals surface area contributed by atoms with E-state index in [2.05, 4.69) is 15.5 Å². The number of carboxylic acids is 2. The van der Waals surface area contributed by atoms with E-state index in [-0.39, 0.29) is 16.6 Å². The van der Waals surface area contributed by atoms with Crippen LogP contribution in [0.4, 0.5) is 9.52 Å². The number of aromatic hydroxyl groups is 2. The van der Waals surface area contributed by atoms with Gasteiger partial charge in [-0.1, -0.05) is 29.4 Å². The van der Waals surface area contributed by atoms with Crippen molar-refractivity contribution in [2.24, 2.45) is 5.16 Å². The lowest BCUT2D eigenvalue weighted by molar-refractivity contribution is -0.685. The molecule has 2 aromatic carbocycles. The molecule has 18 heteroatoms. The molecular weight excluding hydrogens is 696 g/mol. The van der Waals surface area contributed by atoms with E-state index in [0.717, 1.165) is 33.1 Å². The van der Waals surface area contributed by atoms with Crippen LogP contribution in [0.5, 0.6) is 11.5 Å². The standard InChI is InChI=1S/C32H25FN6O9S2/c33-20-8-7-19(25(41)26(20)42)32(30(46)47,21-15-50-31(34)36-21)48-35-12-22(40)37-23-27(43)39-24(29(44)45)18(14-49-28(23)39)6-3-10-38-11-9-16-4-1-2-5-17(16)13-38/h1-9,11-13,15,23,28H,10,14H2,(H6-,34,35,36,37,40,41,42,44,45,46,47)/p+1. The van der Waals surface area contributed by atoms with Gasteiger partial charge in [0.25, 0.3) is 11.8 Å². The number of thioether (sulfide) groups is 1. The number of aliphatic carboxylic acids is 2. The number of β-lactam (4-membered cyclic amide) rings is 1. The van der Waals surface area contributed by atoms with Crippen LogP contribution in [0.1, 0.15) is 11.3 Å². The van der Waals surface area contributed by atoms with Gasteiger partial charge in [-0.15, -0.1) is 23.1 Å². The summed E-state index contributed by atoms with van der Waals surface area (Å²) in [4.78, 5) is 61.0. The Balaban J connectivity index is 1.16. The number of phenolic OH excluding ortho intramolecular Hbond substituents is 2. The van der Waals surface area contributed by atoms with Crippen LogP contribution < -0.4 is 15.6 Å². The van der Waals surface area contributed by atoms with Crippen molar-refractivity contribution < 1.29 is 53.4 Å². The average Bonchev–Trinajstić information content (AvgIpc) is 3.54. The Morgan fingerprint density at radius 2 is 1.92 bits per heavy atom. The number of benzene rings is 2. The zero-order valence-electron chi connectivity index (χ0n) is 25.5. The van der Waals surface area contributed by atoms with Crippen LogP contribution in [0.3, 0.4) is 0 Å². The smallest absolute Gasteiger partial charge is 0.362 e. The van der Waals surface area contributed by atoms with E-state index in [9.17, 15) is 44.0 Å². The third-order valence-corrected chi connectivity index (χ3v) is 9.88. The van der Waals surface area contributed by atoms with Crippen molar-refractivity contribution in [1.82, 2.24) is 15.2 Å². The molecule has 2 amide bonds. The zero-order chi connectivity index (χ0) is 35.7. The van der Waals surface area contributed by atoms with Gasteiger partial charge in [0.1, 0.15) is 29.0 Å². The fourth-order valence-electron chi connectivity index (χ4n) is 5.51. The minimum absolute atomic E-state index is 0.1000. The number of fused-ring (bicyclic) bond motifs is 2. The summed E-state index contributed by atoms with van der Waals surface area (Å²) in [5.41, 5.74) is 1.98. The van der Waals surface area contributed by atoms with E-state index in [1.165, 1.54) is 17.1 Å². The molecule has 50 heavy (non-hydrogen) atoms. The van der Waals surface area contributed by atoms with E-state index in [1.807, 2.05) is 47.3 Å². The number of aromatic nitrogens is 2. The lowest BCUT2D eigenvalue weighted by atomic mass is 9.89. The lowest BCUT2D eigenvalue weighted by Gasteiger charge is -2.49. The summed E-state index contributed by atoms with van der Waals surface area (Å²) in [7, 11) is 0. The number of carbonyl (C=O) groups excluding carboxylic acids is 2. The molecule has 2 aliphatic heterocycles. The van der Waals surface area contributed by atoms with Gasteiger partial charge in [0.2, 0.25) is 0 Å². The second kappa shape index (κ2) is 13.5. The normalized spacial score (nSPS) is 18.6. The molecule has 4 heterocycles. The second-order valence-corrected chi connectivity index (χ2v) is 12.9. The van der Waals surface area contributed by atoms with Crippen LogP contribution in [-0.4, -0.2) is 77.4 Å². The van der Waals surface area contributed by atoms with Crippen LogP contribution in [0.2, 0.25) is 0 Å². The number of oxime groups is 1. The summed E-state index contributed by atoms with van der Waals surface area (Å²) in [6.07, 6.45) is 7.83. The quantitative estimate of drug-likeness (QED) is 0.0430. The maximum atomic E-state index is 13.9. The van der Waals surface area contributed by atoms with Gasteiger partial charge >= 0.3 is 17.5 Å². The van der Waals surface area contributed by atoms with Gasteiger partial charge in [0, 0.05) is 22.6 Å². The van der Waals surface area contributed by atoms with Crippen molar-refractivity contribution in [1.29, 1.82) is 0 Å². The Kier molecular flexibility index (Phi) is 9.13. The Bertz CT molecular complexity index is 2160. The molecule has 7 N–H and O–H groups in total. The van der Waals surface area contributed by atoms with Crippen LogP contribution in [-0.2, 0) is 36.2 Å². The SMILES string of the molecule is Nc1nc(C(ON=CC(=O)NC2C(=O)N3C(C(=O)O)=C(C=CC[n+]4ccc5ccccc5c4)CSC23)(C(=O)O)c2ccc(F)c(O)c2O)cs1. The molecule has 0 saturated carbocycles. The molecule has 1 saturated heterocycles. The number of hydrogen-bond donors (Lipinski definition) is 6. The molecule has 4 aromatic rings. The van der Waals surface area contributed by atoms with Gasteiger partial charge in [-0.05, 0) is 35.2 Å². The summed E-state index contributed by atoms with van der Waals surface area (Å²) in [5, 5.41) is 48.9. The largest absolute Gasteiger partial charge is 0.504 e. The first-order chi connectivity index (χ1) is 23.9. The topological polar surface area (TPSA) is 229 Å². The number of nitrogens with two attached hydrogens (primary N) is 1. The molecule has 3 atom stereocenters. The highest BCUT2D eigenvalue weighted by molar-refractivity contribution is 8.00. The fourth-order valence-corrected chi connectivity index (χ4v) is 7.43. The number of pyridine rings is 1. The van der Waals surface area contributed by atoms with E-state index in [0.29, 0.717) is 24.4 Å². The predicted octanol–water partition coefficient (Wildman–Crippen LogP) is 2.04. The van der Waals surface area contributed by atoms with E-state index in [1.54, 1.807) is 12.2 Å². The minimum Gasteiger partial charge on any atom is -0.504 e. The van der Waals surface area contributed by atoms with Gasteiger partial charge in [-0.25, -0.2) is 23.5 Å². The van der Waals surface area contributed by atoms with E-state index >= 15 is 0 Å². The third-order valence-electron chi connectivity index (χ3n) is 7.90. The molecule has 2 aromatic heterocycles. The minimum atomic E-state index is -2.81. The van der Waals surface area contributed by atoms with Crippen molar-refractivity contribution in [2.45, 2.75) is 23.6 Å². The predicted molar refractivity (Wildman–Crippen MR) is 177 cm³/mol. The number of hydrogen-bond acceptors (Lipinski definition) is 12. The maximum Gasteiger partial charge on any atom is 0.362 e. The van der Waals surface area contributed by atoms with Gasteiger partial charge in [0.05, 0.1) is 5.56 Å². The number of phenols is 2. The van der Waals surface area contributed by atoms with Gasteiger partial charge in [-0.3, -0.25) is 14.5 Å². The highest BCUT2D eigenvalue weighted by Gasteiger charge is 2.54. The first kappa shape index (κ1) is 33.9. The number of anilines is 1. The van der Waals surface area contributed by atoms with Crippen LogP contribution in [0, 0.1) is 5.82 Å². The number of nitrogen functional groups attached to an aromatic ring is 1. The summed E-state index contributed by atoms with van der Waals surface area (Å²) in [6.45, 7) is 0.449. The van der Waals surface area contributed by atoms with Crippen molar-refractivity contribution in [3.63, 3.8) is 0 Å². The molecule has 3 unspecified atom stereocenters. The molecular formula is C32H26FN6O9S2+. The van der Waals surface area contributed by atoms with Crippen molar-refractivity contribution in [2.75, 3.05) is 11.5 Å². The second-order valence-electron chi connectivity index (χ2n) is 10.9. The maximum absolute atomic E-state index is 13.9. The Hall–Kier alpha value is -6.01. The Labute approximate surface area is 289 Å². The van der Waals surface area contributed by atoms with Crippen LogP contribution in [0.25, 0.3) is 10.8 Å². The molecule has 256 valence electrons. The number of rotatable bonds is 11. The van der Waals surface area contributed by atoms with Crippen molar-refractivity contribution in [3.8, 4) is 11.5 Å². The van der Waals surface area contributed by atoms with E-state index in [4.69, 9.17) is 10.6 Å². The average molecular weight is 722 g/mol. The molecule has 0 aliphatic carbocycles. The third kappa shape index (κ3) is 6.05. The number of halogens is 1. The summed E-state index contributed by atoms with van der Waals surface area (Å²) in [6, 6.07) is 10.2. The number of carboxylic acid groups (broad SMARTS) is 2. The van der Waals surface area contributed by atoms with Crippen molar-refractivity contribution in [3.05, 3.63) is 101 Å². The molecule has 2 aliphatic rings. The highest BCUT2D eigenvalue weighted by atomic mass is 32.2. The molecule has 1 fully saturated rings. The monoisotopic (exact) mass is 721 g/mol. The van der Waals surface area contributed by atoms with Gasteiger partial charge < -0.3 is 36.3 Å². The van der Waals surface area contributed by atoms with Crippen LogP contribution >= 0.6 is 23.1 Å². The van der Waals surface area contributed by atoms with Crippen LogP contribution in [0.15, 0.2) is 88.8 Å². The number of carbonyl (C=O) groups is 4. The Morgan fingerprint density at radius 1 is 1.16 bits per heavy atom. The lowest BCUT2D eigenvalue weighted by Crippen LogP contribution is -2.70.